The Morgan fingerprint density at radius 3 is 2.28 bits per heavy atom. The maximum absolute atomic E-state index is 13.0. The number of amides is 1. The summed E-state index contributed by atoms with van der Waals surface area (Å²) < 4.78 is 27.3. The number of nitrogens with zero attached hydrogens (tertiary/aromatic N) is 3. The molecule has 1 amide bonds. The quantitative estimate of drug-likeness (QED) is 0.625. The number of hydrogen-bond donors (Lipinski definition) is 0. The molecule has 0 N–H and O–H groups in total. The lowest BCUT2D eigenvalue weighted by atomic mass is 10.2. The zero-order valence-electron chi connectivity index (χ0n) is 16.6. The molecule has 0 bridgehead atoms. The normalized spacial score (nSPS) is 11.1. The van der Waals surface area contributed by atoms with Crippen molar-refractivity contribution in [3.8, 4) is 0 Å². The van der Waals surface area contributed by atoms with Crippen LogP contribution in [0.2, 0.25) is 0 Å². The maximum Gasteiger partial charge on any atom is 0.264 e. The van der Waals surface area contributed by atoms with Gasteiger partial charge in [-0.2, -0.15) is 0 Å². The summed E-state index contributed by atoms with van der Waals surface area (Å²) in [6.07, 6.45) is 3.34. The summed E-state index contributed by atoms with van der Waals surface area (Å²) in [7, 11) is -0.604. The number of anilines is 1. The number of aromatic nitrogens is 1. The highest BCUT2D eigenvalue weighted by atomic mass is 32.2. The van der Waals surface area contributed by atoms with Crippen molar-refractivity contribution in [3.63, 3.8) is 0 Å². The topological polar surface area (TPSA) is 70.6 Å². The van der Waals surface area contributed by atoms with Crippen molar-refractivity contribution in [1.29, 1.82) is 0 Å². The van der Waals surface area contributed by atoms with Gasteiger partial charge in [-0.05, 0) is 55.0 Å². The second-order valence-corrected chi connectivity index (χ2v) is 8.82. The smallest absolute Gasteiger partial charge is 0.264 e. The van der Waals surface area contributed by atoms with Crippen LogP contribution < -0.4 is 4.31 Å². The first kappa shape index (κ1) is 20.5. The van der Waals surface area contributed by atoms with Gasteiger partial charge in [-0.1, -0.05) is 23.8 Å². The highest BCUT2D eigenvalue weighted by molar-refractivity contribution is 7.92. The van der Waals surface area contributed by atoms with Crippen LogP contribution in [0, 0.1) is 6.92 Å². The zero-order valence-corrected chi connectivity index (χ0v) is 17.4. The molecule has 0 unspecified atom stereocenters. The van der Waals surface area contributed by atoms with E-state index in [4.69, 9.17) is 0 Å². The molecule has 0 saturated carbocycles. The van der Waals surface area contributed by atoms with E-state index in [0.29, 0.717) is 17.8 Å². The summed E-state index contributed by atoms with van der Waals surface area (Å²) in [5.41, 5.74) is 2.87. The molecule has 0 aliphatic carbocycles. The van der Waals surface area contributed by atoms with Crippen LogP contribution in [0.4, 0.5) is 5.69 Å². The van der Waals surface area contributed by atoms with Crippen LogP contribution in [0.5, 0.6) is 0 Å². The van der Waals surface area contributed by atoms with Crippen LogP contribution in [0.25, 0.3) is 0 Å². The third-order valence-electron chi connectivity index (χ3n) is 4.65. The Balaban J connectivity index is 1.84. The number of hydrogen-bond acceptors (Lipinski definition) is 4. The second-order valence-electron chi connectivity index (χ2n) is 6.85. The summed E-state index contributed by atoms with van der Waals surface area (Å²) in [5, 5.41) is 0. The van der Waals surface area contributed by atoms with Crippen LogP contribution in [0.15, 0.2) is 78.0 Å². The van der Waals surface area contributed by atoms with Crippen LogP contribution in [0.1, 0.15) is 21.5 Å². The minimum Gasteiger partial charge on any atom is -0.337 e. The molecule has 7 heteroatoms. The molecule has 150 valence electrons. The van der Waals surface area contributed by atoms with E-state index >= 15 is 0 Å². The Labute approximate surface area is 171 Å². The van der Waals surface area contributed by atoms with Crippen molar-refractivity contribution < 1.29 is 13.2 Å². The molecule has 0 radical (unpaired) electrons. The Hall–Kier alpha value is -3.19. The van der Waals surface area contributed by atoms with Crippen molar-refractivity contribution >= 4 is 21.6 Å². The molecule has 0 aliphatic rings. The summed E-state index contributed by atoms with van der Waals surface area (Å²) in [5.74, 6) is -0.253. The van der Waals surface area contributed by atoms with E-state index in [2.05, 4.69) is 4.98 Å². The van der Waals surface area contributed by atoms with Crippen LogP contribution in [-0.4, -0.2) is 38.3 Å². The van der Waals surface area contributed by atoms with E-state index in [-0.39, 0.29) is 10.8 Å². The number of rotatable bonds is 6. The van der Waals surface area contributed by atoms with Gasteiger partial charge in [0.05, 0.1) is 10.6 Å². The van der Waals surface area contributed by atoms with Crippen molar-refractivity contribution in [3.05, 3.63) is 89.7 Å². The lowest BCUT2D eigenvalue weighted by Gasteiger charge is -2.21. The van der Waals surface area contributed by atoms with Crippen LogP contribution in [-0.2, 0) is 16.6 Å². The molecular weight excluding hydrogens is 386 g/mol. The SMILES string of the molecule is Cc1ccc(N(C)S(=O)(=O)c2cccc(C(=O)N(C)Cc3ccncc3)c2)cc1. The van der Waals surface area contributed by atoms with Crippen LogP contribution >= 0.6 is 0 Å². The highest BCUT2D eigenvalue weighted by Gasteiger charge is 2.23. The lowest BCUT2D eigenvalue weighted by Crippen LogP contribution is -2.28. The van der Waals surface area contributed by atoms with E-state index in [0.717, 1.165) is 11.1 Å². The van der Waals surface area contributed by atoms with Gasteiger partial charge in [0.1, 0.15) is 0 Å². The molecule has 2 aromatic carbocycles. The molecule has 3 rings (SSSR count). The van der Waals surface area contributed by atoms with Gasteiger partial charge in [0, 0.05) is 38.6 Å². The number of pyridine rings is 1. The maximum atomic E-state index is 13.0. The summed E-state index contributed by atoms with van der Waals surface area (Å²) in [4.78, 5) is 18.4. The predicted octanol–water partition coefficient (Wildman–Crippen LogP) is 3.49. The molecule has 3 aromatic rings. The first-order valence-electron chi connectivity index (χ1n) is 9.09. The molecule has 0 aliphatic heterocycles. The van der Waals surface area contributed by atoms with Crippen molar-refractivity contribution in [1.82, 2.24) is 9.88 Å². The van der Waals surface area contributed by atoms with Gasteiger partial charge in [-0.15, -0.1) is 0 Å². The lowest BCUT2D eigenvalue weighted by molar-refractivity contribution is 0.0785. The summed E-state index contributed by atoms with van der Waals surface area (Å²) in [6.45, 7) is 2.34. The summed E-state index contributed by atoms with van der Waals surface area (Å²) >= 11 is 0. The van der Waals surface area contributed by atoms with Crippen LogP contribution in [0.3, 0.4) is 0 Å². The molecular formula is C22H23N3O3S. The van der Waals surface area contributed by atoms with Gasteiger partial charge < -0.3 is 4.90 Å². The third-order valence-corrected chi connectivity index (χ3v) is 6.43. The second kappa shape index (κ2) is 8.45. The Morgan fingerprint density at radius 2 is 1.62 bits per heavy atom. The monoisotopic (exact) mass is 409 g/mol. The first-order chi connectivity index (χ1) is 13.8. The number of aryl methyl sites for hydroxylation is 1. The minimum atomic E-state index is -3.79. The fourth-order valence-electron chi connectivity index (χ4n) is 2.90. The molecule has 0 fully saturated rings. The average molecular weight is 410 g/mol. The Morgan fingerprint density at radius 1 is 0.966 bits per heavy atom. The molecule has 0 spiro atoms. The predicted molar refractivity (Wildman–Crippen MR) is 113 cm³/mol. The van der Waals surface area contributed by atoms with Crippen molar-refractivity contribution in [2.24, 2.45) is 0 Å². The third kappa shape index (κ3) is 4.63. The summed E-state index contributed by atoms with van der Waals surface area (Å²) in [6, 6.07) is 17.0. The van der Waals surface area contributed by atoms with E-state index in [9.17, 15) is 13.2 Å². The number of sulfonamides is 1. The van der Waals surface area contributed by atoms with E-state index in [1.54, 1.807) is 48.6 Å². The van der Waals surface area contributed by atoms with Crippen molar-refractivity contribution in [2.75, 3.05) is 18.4 Å². The van der Waals surface area contributed by atoms with Gasteiger partial charge in [0.15, 0.2) is 0 Å². The average Bonchev–Trinajstić information content (AvgIpc) is 2.74. The van der Waals surface area contributed by atoms with Crippen molar-refractivity contribution in [2.45, 2.75) is 18.4 Å². The largest absolute Gasteiger partial charge is 0.337 e. The fraction of sp³-hybridized carbons (Fsp3) is 0.182. The number of carbonyl (C=O) groups is 1. The highest BCUT2D eigenvalue weighted by Crippen LogP contribution is 2.23. The molecule has 6 nitrogen and oxygen atoms in total. The Kier molecular flexibility index (Phi) is 5.98. The first-order valence-corrected chi connectivity index (χ1v) is 10.5. The standard InChI is InChI=1S/C22H23N3O3S/c1-17-7-9-20(10-8-17)25(3)29(27,28)21-6-4-5-19(15-21)22(26)24(2)16-18-11-13-23-14-12-18/h4-15H,16H2,1-3H3. The number of benzene rings is 2. The zero-order chi connectivity index (χ0) is 21.0. The van der Waals surface area contributed by atoms with Gasteiger partial charge >= 0.3 is 0 Å². The molecule has 1 aromatic heterocycles. The molecule has 29 heavy (non-hydrogen) atoms. The Bertz CT molecular complexity index is 1100. The van der Waals surface area contributed by atoms with Gasteiger partial charge in [-0.25, -0.2) is 8.42 Å². The number of carbonyl (C=O) groups excluding carboxylic acids is 1. The van der Waals surface area contributed by atoms with Gasteiger partial charge in [0.2, 0.25) is 0 Å². The minimum absolute atomic E-state index is 0.0729. The molecule has 1 heterocycles. The molecule has 0 atom stereocenters. The van der Waals surface area contributed by atoms with Gasteiger partial charge in [0.25, 0.3) is 15.9 Å². The van der Waals surface area contributed by atoms with E-state index < -0.39 is 10.0 Å². The van der Waals surface area contributed by atoms with Gasteiger partial charge in [-0.3, -0.25) is 14.1 Å². The fourth-order valence-corrected chi connectivity index (χ4v) is 4.14. The van der Waals surface area contributed by atoms with E-state index in [1.165, 1.54) is 23.5 Å². The molecule has 0 saturated heterocycles. The van der Waals surface area contributed by atoms with E-state index in [1.807, 2.05) is 31.2 Å².